The Balaban J connectivity index is 1.95. The van der Waals surface area contributed by atoms with Crippen LogP contribution in [0.4, 0.5) is 5.95 Å². The molecule has 6 nitrogen and oxygen atoms in total. The lowest BCUT2D eigenvalue weighted by molar-refractivity contribution is 0.326. The van der Waals surface area contributed by atoms with E-state index in [4.69, 9.17) is 4.74 Å². The average molecular weight is 259 g/mol. The zero-order chi connectivity index (χ0) is 13.5. The van der Waals surface area contributed by atoms with Gasteiger partial charge in [0.05, 0.1) is 12.3 Å². The third-order valence-electron chi connectivity index (χ3n) is 2.43. The molecule has 2 heterocycles. The van der Waals surface area contributed by atoms with Crippen LogP contribution in [0.5, 0.6) is 5.88 Å². The van der Waals surface area contributed by atoms with Crippen molar-refractivity contribution in [1.29, 1.82) is 0 Å². The highest BCUT2D eigenvalue weighted by atomic mass is 16.5. The molecule has 0 fully saturated rings. The molecule has 1 atom stereocenters. The highest BCUT2D eigenvalue weighted by Gasteiger charge is 2.07. The van der Waals surface area contributed by atoms with Crippen LogP contribution in [0.25, 0.3) is 0 Å². The van der Waals surface area contributed by atoms with Gasteiger partial charge in [-0.05, 0) is 13.8 Å². The molecular weight excluding hydrogens is 242 g/mol. The molecule has 19 heavy (non-hydrogen) atoms. The molecule has 0 radical (unpaired) electrons. The molecule has 1 N–H and O–H groups in total. The molecular formula is C13H17N5O. The van der Waals surface area contributed by atoms with E-state index < -0.39 is 0 Å². The summed E-state index contributed by atoms with van der Waals surface area (Å²) in [7, 11) is 0. The van der Waals surface area contributed by atoms with Gasteiger partial charge in [0.25, 0.3) is 0 Å². The molecule has 2 rings (SSSR count). The normalized spacial score (nSPS) is 11.9. The van der Waals surface area contributed by atoms with Crippen molar-refractivity contribution in [2.24, 2.45) is 0 Å². The zero-order valence-corrected chi connectivity index (χ0v) is 11.1. The van der Waals surface area contributed by atoms with Gasteiger partial charge in [0, 0.05) is 43.3 Å². The summed E-state index contributed by atoms with van der Waals surface area (Å²) in [4.78, 5) is 16.7. The van der Waals surface area contributed by atoms with E-state index in [0.29, 0.717) is 18.4 Å². The van der Waals surface area contributed by atoms with E-state index >= 15 is 0 Å². The van der Waals surface area contributed by atoms with Crippen molar-refractivity contribution in [3.05, 3.63) is 36.5 Å². The fourth-order valence-corrected chi connectivity index (χ4v) is 1.66. The number of hydrogen-bond donors (Lipinski definition) is 1. The molecule has 0 spiro atoms. The Kier molecular flexibility index (Phi) is 4.60. The van der Waals surface area contributed by atoms with E-state index in [-0.39, 0.29) is 6.04 Å². The van der Waals surface area contributed by atoms with Crippen molar-refractivity contribution >= 4 is 5.95 Å². The molecule has 0 saturated heterocycles. The highest BCUT2D eigenvalue weighted by Crippen LogP contribution is 2.10. The smallest absolute Gasteiger partial charge is 0.226 e. The second-order valence-electron chi connectivity index (χ2n) is 4.10. The van der Waals surface area contributed by atoms with Gasteiger partial charge >= 0.3 is 0 Å². The molecule has 0 aliphatic rings. The Labute approximate surface area is 112 Å². The van der Waals surface area contributed by atoms with Gasteiger partial charge in [-0.25, -0.2) is 4.98 Å². The number of hydrogen-bond acceptors (Lipinski definition) is 6. The molecule has 0 amide bonds. The maximum atomic E-state index is 5.33. The molecule has 0 aromatic carbocycles. The number of anilines is 1. The maximum absolute atomic E-state index is 5.33. The first-order valence-corrected chi connectivity index (χ1v) is 6.25. The predicted molar refractivity (Wildman–Crippen MR) is 72.0 cm³/mol. The lowest BCUT2D eigenvalue weighted by Gasteiger charge is -2.13. The van der Waals surface area contributed by atoms with Crippen molar-refractivity contribution in [3.8, 4) is 5.88 Å². The van der Waals surface area contributed by atoms with Crippen LogP contribution in [0.3, 0.4) is 0 Å². The number of ether oxygens (including phenoxy) is 1. The molecule has 0 aliphatic carbocycles. The topological polar surface area (TPSA) is 72.8 Å². The zero-order valence-electron chi connectivity index (χ0n) is 11.1. The summed E-state index contributed by atoms with van der Waals surface area (Å²) in [6, 6.07) is 1.90. The number of nitrogens with one attached hydrogen (secondary N) is 1. The van der Waals surface area contributed by atoms with Gasteiger partial charge in [-0.15, -0.1) is 0 Å². The fourth-order valence-electron chi connectivity index (χ4n) is 1.66. The molecule has 2 aromatic rings. The summed E-state index contributed by atoms with van der Waals surface area (Å²) in [6.45, 7) is 4.56. The predicted octanol–water partition coefficient (Wildman–Crippen LogP) is 1.71. The van der Waals surface area contributed by atoms with Crippen molar-refractivity contribution in [3.63, 3.8) is 0 Å². The van der Waals surface area contributed by atoms with E-state index in [1.54, 1.807) is 30.9 Å². The van der Waals surface area contributed by atoms with Crippen molar-refractivity contribution in [1.82, 2.24) is 19.9 Å². The molecule has 2 aromatic heterocycles. The first-order valence-electron chi connectivity index (χ1n) is 6.25. The monoisotopic (exact) mass is 259 g/mol. The average Bonchev–Trinajstić information content (AvgIpc) is 2.40. The fraction of sp³-hybridized carbons (Fsp3) is 0.385. The third-order valence-corrected chi connectivity index (χ3v) is 2.43. The van der Waals surface area contributed by atoms with Gasteiger partial charge in [-0.3, -0.25) is 9.97 Å². The van der Waals surface area contributed by atoms with Crippen LogP contribution in [0.1, 0.15) is 19.5 Å². The van der Waals surface area contributed by atoms with Gasteiger partial charge in [-0.1, -0.05) is 0 Å². The summed E-state index contributed by atoms with van der Waals surface area (Å²) in [5, 5.41) is 3.22. The second kappa shape index (κ2) is 6.63. The Morgan fingerprint density at radius 3 is 2.89 bits per heavy atom. The Morgan fingerprint density at radius 2 is 2.16 bits per heavy atom. The Morgan fingerprint density at radius 1 is 1.26 bits per heavy atom. The Bertz CT molecular complexity index is 505. The largest absolute Gasteiger partial charge is 0.478 e. The van der Waals surface area contributed by atoms with Gasteiger partial charge in [0.1, 0.15) is 0 Å². The van der Waals surface area contributed by atoms with Crippen molar-refractivity contribution < 1.29 is 4.74 Å². The van der Waals surface area contributed by atoms with Crippen LogP contribution in [0.15, 0.2) is 30.9 Å². The highest BCUT2D eigenvalue weighted by molar-refractivity contribution is 5.29. The summed E-state index contributed by atoms with van der Waals surface area (Å²) < 4.78 is 5.33. The number of rotatable bonds is 6. The summed E-state index contributed by atoms with van der Waals surface area (Å²) in [6.07, 6.45) is 7.55. The van der Waals surface area contributed by atoms with E-state index in [0.717, 1.165) is 12.1 Å². The summed E-state index contributed by atoms with van der Waals surface area (Å²) in [5.74, 6) is 1.13. The van der Waals surface area contributed by atoms with Crippen molar-refractivity contribution in [2.45, 2.75) is 26.3 Å². The van der Waals surface area contributed by atoms with Crippen LogP contribution in [-0.4, -0.2) is 32.6 Å². The second-order valence-corrected chi connectivity index (χ2v) is 4.10. The van der Waals surface area contributed by atoms with Crippen molar-refractivity contribution in [2.75, 3.05) is 11.9 Å². The Hall–Kier alpha value is -2.24. The van der Waals surface area contributed by atoms with E-state index in [1.807, 2.05) is 13.8 Å². The van der Waals surface area contributed by atoms with Crippen LogP contribution < -0.4 is 10.1 Å². The van der Waals surface area contributed by atoms with E-state index in [9.17, 15) is 0 Å². The summed E-state index contributed by atoms with van der Waals surface area (Å²) in [5.41, 5.74) is 0.934. The van der Waals surface area contributed by atoms with Crippen LogP contribution >= 0.6 is 0 Å². The molecule has 0 saturated carbocycles. The lowest BCUT2D eigenvalue weighted by Crippen LogP contribution is -2.20. The standard InChI is InChI=1S/C13H17N5O/c1-3-19-12-4-5-16-13(18-12)17-10(2)8-11-9-14-6-7-15-11/h4-7,9-10H,3,8H2,1-2H3,(H,16,17,18)/t10-/m1/s1. The number of nitrogens with zero attached hydrogens (tertiary/aromatic N) is 4. The first-order chi connectivity index (χ1) is 9.28. The van der Waals surface area contributed by atoms with Crippen LogP contribution in [-0.2, 0) is 6.42 Å². The first kappa shape index (κ1) is 13.2. The third kappa shape index (κ3) is 4.17. The van der Waals surface area contributed by atoms with Gasteiger partial charge in [0.15, 0.2) is 0 Å². The summed E-state index contributed by atoms with van der Waals surface area (Å²) >= 11 is 0. The molecule has 0 aliphatic heterocycles. The number of aromatic nitrogens is 4. The van der Waals surface area contributed by atoms with E-state index in [1.165, 1.54) is 0 Å². The quantitative estimate of drug-likeness (QED) is 0.851. The minimum Gasteiger partial charge on any atom is -0.478 e. The lowest BCUT2D eigenvalue weighted by atomic mass is 10.2. The molecule has 100 valence electrons. The SMILES string of the molecule is CCOc1ccnc(N[C@H](C)Cc2cnccn2)n1. The van der Waals surface area contributed by atoms with E-state index in [2.05, 4.69) is 25.3 Å². The minimum absolute atomic E-state index is 0.161. The molecule has 0 unspecified atom stereocenters. The molecule has 0 bridgehead atoms. The van der Waals surface area contributed by atoms with Crippen LogP contribution in [0.2, 0.25) is 0 Å². The molecule has 6 heteroatoms. The van der Waals surface area contributed by atoms with Gasteiger partial charge in [-0.2, -0.15) is 4.98 Å². The minimum atomic E-state index is 0.161. The van der Waals surface area contributed by atoms with Gasteiger partial charge in [0.2, 0.25) is 11.8 Å². The van der Waals surface area contributed by atoms with Gasteiger partial charge < -0.3 is 10.1 Å². The van der Waals surface area contributed by atoms with Crippen LogP contribution in [0, 0.1) is 0 Å². The maximum Gasteiger partial charge on any atom is 0.226 e.